The highest BCUT2D eigenvalue weighted by molar-refractivity contribution is 5.92. The number of allylic oxidation sites excluding steroid dienone is 2. The minimum atomic E-state index is 0.161. The van der Waals surface area contributed by atoms with E-state index in [1.54, 1.807) is 0 Å². The molecule has 1 aromatic rings. The number of carbonyl (C=O) groups is 1. The van der Waals surface area contributed by atoms with Crippen molar-refractivity contribution in [3.05, 3.63) is 36.2 Å². The minimum Gasteiger partial charge on any atom is -0.357 e. The Labute approximate surface area is 108 Å². The first-order valence-electron chi connectivity index (χ1n) is 6.87. The Hall–Kier alpha value is -1.51. The maximum Gasteiger partial charge on any atom is 0.270 e. The molecule has 1 aliphatic heterocycles. The lowest BCUT2D eigenvalue weighted by molar-refractivity contribution is 0.0480. The van der Waals surface area contributed by atoms with Crippen molar-refractivity contribution in [1.29, 1.82) is 0 Å². The predicted molar refractivity (Wildman–Crippen MR) is 71.4 cm³/mol. The number of aromatic nitrogens is 1. The molecule has 2 heterocycles. The summed E-state index contributed by atoms with van der Waals surface area (Å²) in [7, 11) is 0. The van der Waals surface area contributed by atoms with E-state index in [4.69, 9.17) is 0 Å². The molecule has 1 fully saturated rings. The van der Waals surface area contributed by atoms with Crippen LogP contribution in [0.15, 0.2) is 30.5 Å². The lowest BCUT2D eigenvalue weighted by Gasteiger charge is -2.43. The van der Waals surface area contributed by atoms with Crippen molar-refractivity contribution >= 4 is 5.91 Å². The molecule has 3 rings (SSSR count). The SMILES string of the molecule is O=C(c1ccc[nH]1)N1CCC[C@@]2(CC=CCC2)C1. The third-order valence-corrected chi connectivity index (χ3v) is 4.34. The number of carbonyl (C=O) groups excluding carboxylic acids is 1. The van der Waals surface area contributed by atoms with Gasteiger partial charge < -0.3 is 9.88 Å². The molecule has 3 heteroatoms. The Morgan fingerprint density at radius 1 is 1.33 bits per heavy atom. The van der Waals surface area contributed by atoms with Gasteiger partial charge in [-0.15, -0.1) is 0 Å². The van der Waals surface area contributed by atoms with Gasteiger partial charge in [-0.3, -0.25) is 4.79 Å². The van der Waals surface area contributed by atoms with Crippen LogP contribution in [0.1, 0.15) is 42.6 Å². The van der Waals surface area contributed by atoms with Crippen molar-refractivity contribution in [2.45, 2.75) is 32.1 Å². The summed E-state index contributed by atoms with van der Waals surface area (Å²) in [4.78, 5) is 17.4. The van der Waals surface area contributed by atoms with Crippen molar-refractivity contribution in [2.24, 2.45) is 5.41 Å². The van der Waals surface area contributed by atoms with Gasteiger partial charge >= 0.3 is 0 Å². The molecular weight excluding hydrogens is 224 g/mol. The van der Waals surface area contributed by atoms with E-state index in [9.17, 15) is 4.79 Å². The molecular formula is C15H20N2O. The Bertz CT molecular complexity index is 449. The highest BCUT2D eigenvalue weighted by Crippen LogP contribution is 2.40. The van der Waals surface area contributed by atoms with Gasteiger partial charge in [-0.1, -0.05) is 12.2 Å². The summed E-state index contributed by atoms with van der Waals surface area (Å²) in [6.45, 7) is 1.83. The topological polar surface area (TPSA) is 36.1 Å². The molecule has 18 heavy (non-hydrogen) atoms. The number of aromatic amines is 1. The summed E-state index contributed by atoms with van der Waals surface area (Å²) in [5.74, 6) is 0.161. The van der Waals surface area contributed by atoms with Gasteiger partial charge in [-0.25, -0.2) is 0 Å². The zero-order chi connectivity index (χ0) is 12.4. The third-order valence-electron chi connectivity index (χ3n) is 4.34. The fourth-order valence-corrected chi connectivity index (χ4v) is 3.33. The predicted octanol–water partition coefficient (Wildman–Crippen LogP) is 2.98. The number of nitrogens with zero attached hydrogens (tertiary/aromatic N) is 1. The van der Waals surface area contributed by atoms with E-state index in [1.807, 2.05) is 23.2 Å². The van der Waals surface area contributed by atoms with Gasteiger partial charge in [0.15, 0.2) is 0 Å². The molecule has 0 radical (unpaired) electrons. The summed E-state index contributed by atoms with van der Waals surface area (Å²) in [6.07, 6.45) is 12.3. The summed E-state index contributed by atoms with van der Waals surface area (Å²) in [5.41, 5.74) is 1.08. The number of amides is 1. The smallest absolute Gasteiger partial charge is 0.270 e. The van der Waals surface area contributed by atoms with Crippen LogP contribution >= 0.6 is 0 Å². The lowest BCUT2D eigenvalue weighted by atomic mass is 9.71. The van der Waals surface area contributed by atoms with E-state index in [0.717, 1.165) is 31.6 Å². The van der Waals surface area contributed by atoms with E-state index in [2.05, 4.69) is 17.1 Å². The van der Waals surface area contributed by atoms with E-state index in [-0.39, 0.29) is 5.91 Å². The maximum absolute atomic E-state index is 12.4. The molecule has 1 spiro atoms. The number of likely N-dealkylation sites (tertiary alicyclic amines) is 1. The van der Waals surface area contributed by atoms with Crippen molar-refractivity contribution in [2.75, 3.05) is 13.1 Å². The molecule has 0 aromatic carbocycles. The zero-order valence-corrected chi connectivity index (χ0v) is 10.7. The Morgan fingerprint density at radius 2 is 2.28 bits per heavy atom. The van der Waals surface area contributed by atoms with E-state index in [1.165, 1.54) is 19.3 Å². The van der Waals surface area contributed by atoms with Gasteiger partial charge in [0.2, 0.25) is 0 Å². The molecule has 1 N–H and O–H groups in total. The number of piperidine rings is 1. The molecule has 1 aliphatic carbocycles. The van der Waals surface area contributed by atoms with E-state index < -0.39 is 0 Å². The van der Waals surface area contributed by atoms with Gasteiger partial charge in [0.25, 0.3) is 5.91 Å². The molecule has 96 valence electrons. The number of H-pyrrole nitrogens is 1. The molecule has 1 saturated heterocycles. The second kappa shape index (κ2) is 4.63. The molecule has 1 aromatic heterocycles. The van der Waals surface area contributed by atoms with Crippen LogP contribution in [0.5, 0.6) is 0 Å². The monoisotopic (exact) mass is 244 g/mol. The highest BCUT2D eigenvalue weighted by atomic mass is 16.2. The third kappa shape index (κ3) is 2.09. The first-order valence-corrected chi connectivity index (χ1v) is 6.87. The molecule has 0 unspecified atom stereocenters. The van der Waals surface area contributed by atoms with Gasteiger partial charge in [-0.2, -0.15) is 0 Å². The standard InChI is InChI=1S/C15H20N2O/c18-14(13-6-4-10-16-13)17-11-5-9-15(12-17)7-2-1-3-8-15/h1-2,4,6,10,16H,3,5,7-9,11-12H2/t15-/m0/s1. The van der Waals surface area contributed by atoms with Crippen molar-refractivity contribution in [3.8, 4) is 0 Å². The molecule has 3 nitrogen and oxygen atoms in total. The Balaban J connectivity index is 1.74. The van der Waals surface area contributed by atoms with Gasteiger partial charge in [0, 0.05) is 19.3 Å². The van der Waals surface area contributed by atoms with Crippen LogP contribution in [0, 0.1) is 5.41 Å². The maximum atomic E-state index is 12.4. The molecule has 1 atom stereocenters. The van der Waals surface area contributed by atoms with Crippen molar-refractivity contribution < 1.29 is 4.79 Å². The van der Waals surface area contributed by atoms with Crippen LogP contribution in [0.2, 0.25) is 0 Å². The number of hydrogen-bond donors (Lipinski definition) is 1. The van der Waals surface area contributed by atoms with Gasteiger partial charge in [0.05, 0.1) is 0 Å². The molecule has 1 amide bonds. The first-order chi connectivity index (χ1) is 8.79. The quantitative estimate of drug-likeness (QED) is 0.757. The summed E-state index contributed by atoms with van der Waals surface area (Å²) < 4.78 is 0. The second-order valence-electron chi connectivity index (χ2n) is 5.63. The Morgan fingerprint density at radius 3 is 3.00 bits per heavy atom. The number of rotatable bonds is 1. The average molecular weight is 244 g/mol. The van der Waals surface area contributed by atoms with Crippen LogP contribution in [0.3, 0.4) is 0 Å². The Kier molecular flexibility index (Phi) is 2.98. The van der Waals surface area contributed by atoms with Crippen LogP contribution in [0.4, 0.5) is 0 Å². The van der Waals surface area contributed by atoms with Crippen molar-refractivity contribution in [1.82, 2.24) is 9.88 Å². The largest absolute Gasteiger partial charge is 0.357 e. The van der Waals surface area contributed by atoms with Gasteiger partial charge in [-0.05, 0) is 49.7 Å². The lowest BCUT2D eigenvalue weighted by Crippen LogP contribution is -2.46. The van der Waals surface area contributed by atoms with Crippen LogP contribution < -0.4 is 0 Å². The zero-order valence-electron chi connectivity index (χ0n) is 10.7. The fourth-order valence-electron chi connectivity index (χ4n) is 3.33. The molecule has 2 aliphatic rings. The van der Waals surface area contributed by atoms with Gasteiger partial charge in [0.1, 0.15) is 5.69 Å². The molecule has 0 saturated carbocycles. The normalized spacial score (nSPS) is 27.7. The summed E-state index contributed by atoms with van der Waals surface area (Å²) in [5, 5.41) is 0. The van der Waals surface area contributed by atoms with Crippen LogP contribution in [-0.4, -0.2) is 28.9 Å². The van der Waals surface area contributed by atoms with Crippen LogP contribution in [-0.2, 0) is 0 Å². The first kappa shape index (κ1) is 11.6. The van der Waals surface area contributed by atoms with Crippen LogP contribution in [0.25, 0.3) is 0 Å². The second-order valence-corrected chi connectivity index (χ2v) is 5.63. The van der Waals surface area contributed by atoms with E-state index in [0.29, 0.717) is 5.41 Å². The number of nitrogens with one attached hydrogen (secondary N) is 1. The van der Waals surface area contributed by atoms with E-state index >= 15 is 0 Å². The fraction of sp³-hybridized carbons (Fsp3) is 0.533. The minimum absolute atomic E-state index is 0.161. The number of hydrogen-bond acceptors (Lipinski definition) is 1. The van der Waals surface area contributed by atoms with Crippen molar-refractivity contribution in [3.63, 3.8) is 0 Å². The average Bonchev–Trinajstić information content (AvgIpc) is 2.93. The summed E-state index contributed by atoms with van der Waals surface area (Å²) in [6, 6.07) is 3.75. The molecule has 0 bridgehead atoms. The summed E-state index contributed by atoms with van der Waals surface area (Å²) >= 11 is 0. The highest BCUT2D eigenvalue weighted by Gasteiger charge is 2.37.